The van der Waals surface area contributed by atoms with Gasteiger partial charge in [0.1, 0.15) is 11.4 Å². The van der Waals surface area contributed by atoms with Crippen molar-refractivity contribution in [3.8, 4) is 0 Å². The summed E-state index contributed by atoms with van der Waals surface area (Å²) in [5.74, 6) is 0.597. The molecule has 0 saturated heterocycles. The third-order valence-corrected chi connectivity index (χ3v) is 3.72. The second kappa shape index (κ2) is 11.7. The summed E-state index contributed by atoms with van der Waals surface area (Å²) in [6, 6.07) is 0. The fourth-order valence-corrected chi connectivity index (χ4v) is 2.46. The lowest BCUT2D eigenvalue weighted by Gasteiger charge is -2.20. The monoisotopic (exact) mass is 362 g/mol. The minimum Gasteiger partial charge on any atom is -0.494 e. The number of aliphatic hydroxyl groups excluding tert-OH is 1. The Hall–Kier alpha value is -1.81. The molecule has 0 amide bonds. The largest absolute Gasteiger partial charge is 0.494 e. The van der Waals surface area contributed by atoms with Crippen LogP contribution >= 0.6 is 0 Å². The van der Waals surface area contributed by atoms with Gasteiger partial charge in [0.2, 0.25) is 0 Å². The molecule has 0 aromatic rings. The van der Waals surface area contributed by atoms with E-state index in [4.69, 9.17) is 14.6 Å². The van der Waals surface area contributed by atoms with E-state index in [-0.39, 0.29) is 12.6 Å². The minimum absolute atomic E-state index is 0.263. The molecule has 0 aromatic heterocycles. The van der Waals surface area contributed by atoms with Gasteiger partial charge in [-0.25, -0.2) is 4.79 Å². The maximum absolute atomic E-state index is 12.1. The van der Waals surface area contributed by atoms with Crippen molar-refractivity contribution < 1.29 is 19.4 Å². The molecule has 0 radical (unpaired) electrons. The van der Waals surface area contributed by atoms with Gasteiger partial charge in [-0.05, 0) is 76.7 Å². The van der Waals surface area contributed by atoms with Crippen molar-refractivity contribution >= 4 is 5.97 Å². The predicted molar refractivity (Wildman–Crippen MR) is 106 cm³/mol. The molecule has 1 aliphatic carbocycles. The Morgan fingerprint density at radius 1 is 1.19 bits per heavy atom. The third kappa shape index (κ3) is 9.62. The highest BCUT2D eigenvalue weighted by Crippen LogP contribution is 2.21. The molecular weight excluding hydrogens is 328 g/mol. The van der Waals surface area contributed by atoms with Crippen molar-refractivity contribution in [1.29, 1.82) is 0 Å². The van der Waals surface area contributed by atoms with E-state index in [0.717, 1.165) is 43.4 Å². The molecule has 1 aliphatic rings. The predicted octanol–water partition coefficient (Wildman–Crippen LogP) is 5.00. The molecule has 4 heteroatoms. The quantitative estimate of drug-likeness (QED) is 0.337. The number of hydrogen-bond donors (Lipinski definition) is 1. The van der Waals surface area contributed by atoms with Gasteiger partial charge < -0.3 is 14.6 Å². The lowest BCUT2D eigenvalue weighted by molar-refractivity contribution is -0.149. The van der Waals surface area contributed by atoms with Crippen molar-refractivity contribution in [3.05, 3.63) is 47.3 Å². The van der Waals surface area contributed by atoms with Gasteiger partial charge in [0.25, 0.3) is 0 Å². The van der Waals surface area contributed by atoms with Crippen molar-refractivity contribution in [2.45, 2.75) is 71.8 Å². The highest BCUT2D eigenvalue weighted by Gasteiger charge is 2.19. The molecule has 0 aromatic carbocycles. The molecule has 1 N–H and O–H groups in total. The summed E-state index contributed by atoms with van der Waals surface area (Å²) >= 11 is 0. The molecule has 26 heavy (non-hydrogen) atoms. The molecule has 0 aliphatic heterocycles. The maximum atomic E-state index is 12.1. The van der Waals surface area contributed by atoms with Crippen LogP contribution in [0.3, 0.4) is 0 Å². The Labute approximate surface area is 158 Å². The Kier molecular flexibility index (Phi) is 10.0. The number of carbonyl (C=O) groups excluding carboxylic acids is 1. The zero-order chi connectivity index (χ0) is 19.4. The first-order chi connectivity index (χ1) is 12.4. The Balaban J connectivity index is 2.53. The number of carbonyl (C=O) groups is 1. The second-order valence-electron chi connectivity index (χ2n) is 7.42. The first-order valence-corrected chi connectivity index (χ1v) is 9.61. The number of rotatable bonds is 10. The van der Waals surface area contributed by atoms with E-state index < -0.39 is 5.60 Å². The number of hydrogen-bond acceptors (Lipinski definition) is 4. The maximum Gasteiger partial charge on any atom is 0.338 e. The van der Waals surface area contributed by atoms with Crippen LogP contribution in [-0.2, 0) is 14.3 Å². The first kappa shape index (κ1) is 22.2. The average Bonchev–Trinajstić information content (AvgIpc) is 2.57. The van der Waals surface area contributed by atoms with Crippen molar-refractivity contribution in [2.24, 2.45) is 0 Å². The van der Waals surface area contributed by atoms with Gasteiger partial charge >= 0.3 is 5.97 Å². The second-order valence-corrected chi connectivity index (χ2v) is 7.42. The first-order valence-electron chi connectivity index (χ1n) is 9.61. The summed E-state index contributed by atoms with van der Waals surface area (Å²) in [6.45, 7) is 8.63. The zero-order valence-corrected chi connectivity index (χ0v) is 16.7. The fraction of sp³-hybridized carbons (Fsp3) is 0.591. The highest BCUT2D eigenvalue weighted by molar-refractivity contribution is 5.92. The van der Waals surface area contributed by atoms with Crippen LogP contribution < -0.4 is 0 Å². The molecule has 0 saturated carbocycles. The standard InChI is InChI=1S/C22H34O4/c1-5-10-20(25-16-9-7-6-8-15-23)17-18-11-13-19(14-12-18)21(24)26-22(2,3)4/h10-11,13-14,17,23H,5-9,12,15-16H2,1-4H3/b18-17-,20-10+. The van der Waals surface area contributed by atoms with Crippen molar-refractivity contribution in [3.63, 3.8) is 0 Å². The van der Waals surface area contributed by atoms with E-state index >= 15 is 0 Å². The van der Waals surface area contributed by atoms with Crippen LogP contribution in [0.25, 0.3) is 0 Å². The molecule has 1 rings (SSSR count). The highest BCUT2D eigenvalue weighted by atomic mass is 16.6. The SMILES string of the molecule is CC/C=C(\C=C1\C=CC(C(=O)OC(C)(C)C)=CC1)OCCCCCCO. The van der Waals surface area contributed by atoms with Gasteiger partial charge in [0.15, 0.2) is 0 Å². The van der Waals surface area contributed by atoms with Crippen LogP contribution in [0.4, 0.5) is 0 Å². The third-order valence-electron chi connectivity index (χ3n) is 3.72. The molecular formula is C22H34O4. The van der Waals surface area contributed by atoms with Gasteiger partial charge in [-0.15, -0.1) is 0 Å². The molecule has 146 valence electrons. The van der Waals surface area contributed by atoms with Gasteiger partial charge in [0, 0.05) is 6.61 Å². The Morgan fingerprint density at radius 3 is 2.50 bits per heavy atom. The van der Waals surface area contributed by atoms with Crippen LogP contribution in [0, 0.1) is 0 Å². The van der Waals surface area contributed by atoms with Crippen molar-refractivity contribution in [1.82, 2.24) is 0 Å². The van der Waals surface area contributed by atoms with Gasteiger partial charge in [-0.3, -0.25) is 0 Å². The summed E-state index contributed by atoms with van der Waals surface area (Å²) in [7, 11) is 0. The van der Waals surface area contributed by atoms with Gasteiger partial charge in [-0.2, -0.15) is 0 Å². The number of esters is 1. The molecule has 0 spiro atoms. The van der Waals surface area contributed by atoms with Crippen LogP contribution in [0.1, 0.15) is 66.2 Å². The zero-order valence-electron chi connectivity index (χ0n) is 16.7. The smallest absolute Gasteiger partial charge is 0.338 e. The van der Waals surface area contributed by atoms with Crippen LogP contribution in [0.15, 0.2) is 47.3 Å². The summed E-state index contributed by atoms with van der Waals surface area (Å²) < 4.78 is 11.3. The fourth-order valence-electron chi connectivity index (χ4n) is 2.46. The van der Waals surface area contributed by atoms with Crippen molar-refractivity contribution in [2.75, 3.05) is 13.2 Å². The van der Waals surface area contributed by atoms with E-state index in [1.807, 2.05) is 45.1 Å². The number of allylic oxidation sites excluding steroid dienone is 5. The van der Waals surface area contributed by atoms with E-state index in [9.17, 15) is 4.79 Å². The van der Waals surface area contributed by atoms with Gasteiger partial charge in [-0.1, -0.05) is 25.5 Å². The van der Waals surface area contributed by atoms with Crippen LogP contribution in [0.2, 0.25) is 0 Å². The molecule has 0 fully saturated rings. The Bertz CT molecular complexity index is 559. The molecule has 4 nitrogen and oxygen atoms in total. The van der Waals surface area contributed by atoms with E-state index in [2.05, 4.69) is 13.0 Å². The normalized spacial score (nSPS) is 16.6. The number of ether oxygens (including phenoxy) is 2. The number of aliphatic hydroxyl groups is 1. The average molecular weight is 363 g/mol. The molecule has 0 bridgehead atoms. The van der Waals surface area contributed by atoms with Gasteiger partial charge in [0.05, 0.1) is 12.2 Å². The lowest BCUT2D eigenvalue weighted by Crippen LogP contribution is -2.24. The molecule has 0 atom stereocenters. The molecule has 0 heterocycles. The summed E-state index contributed by atoms with van der Waals surface area (Å²) in [5, 5.41) is 8.78. The lowest BCUT2D eigenvalue weighted by atomic mass is 10.0. The van der Waals surface area contributed by atoms with E-state index in [1.165, 1.54) is 0 Å². The summed E-state index contributed by atoms with van der Waals surface area (Å²) in [4.78, 5) is 12.1. The topological polar surface area (TPSA) is 55.8 Å². The van der Waals surface area contributed by atoms with Crippen LogP contribution in [-0.4, -0.2) is 29.9 Å². The minimum atomic E-state index is -0.482. The number of unbranched alkanes of at least 4 members (excludes halogenated alkanes) is 3. The molecule has 0 unspecified atom stereocenters. The van der Waals surface area contributed by atoms with E-state index in [0.29, 0.717) is 18.6 Å². The summed E-state index contributed by atoms with van der Waals surface area (Å²) in [6.07, 6.45) is 15.3. The summed E-state index contributed by atoms with van der Waals surface area (Å²) in [5.41, 5.74) is 1.23. The van der Waals surface area contributed by atoms with E-state index in [1.54, 1.807) is 0 Å². The Morgan fingerprint density at radius 2 is 1.92 bits per heavy atom. The van der Waals surface area contributed by atoms with Crippen LogP contribution in [0.5, 0.6) is 0 Å².